The molecule has 2 heterocycles. The van der Waals surface area contributed by atoms with Crippen LogP contribution in [-0.4, -0.2) is 40.6 Å². The molecule has 0 aliphatic carbocycles. The lowest BCUT2D eigenvalue weighted by molar-refractivity contribution is 0.288. The van der Waals surface area contributed by atoms with E-state index in [0.29, 0.717) is 5.75 Å². The molecule has 5 aromatic rings. The molecule has 0 aliphatic rings. The Balaban J connectivity index is 1.23. The zero-order valence-corrected chi connectivity index (χ0v) is 19.6. The molecule has 0 radical (unpaired) electrons. The summed E-state index contributed by atoms with van der Waals surface area (Å²) >= 11 is 0. The molecular weight excluding hydrogens is 469 g/mol. The van der Waals surface area contributed by atoms with Gasteiger partial charge in [0.05, 0.1) is 34.0 Å². The van der Waals surface area contributed by atoms with Gasteiger partial charge in [0.25, 0.3) is 0 Å². The highest BCUT2D eigenvalue weighted by atomic mass is 32.2. The van der Waals surface area contributed by atoms with Gasteiger partial charge < -0.3 is 4.74 Å². The number of benzene rings is 3. The van der Waals surface area contributed by atoms with Gasteiger partial charge in [-0.25, -0.2) is 26.9 Å². The zero-order chi connectivity index (χ0) is 24.4. The molecule has 0 spiro atoms. The minimum absolute atomic E-state index is 0.141. The molecule has 5 rings (SSSR count). The van der Waals surface area contributed by atoms with Crippen molar-refractivity contribution in [2.45, 2.75) is 17.9 Å². The van der Waals surface area contributed by atoms with Crippen LogP contribution in [0.15, 0.2) is 96.3 Å². The number of sulfonamides is 1. The molecule has 1 N–H and O–H groups in total. The summed E-state index contributed by atoms with van der Waals surface area (Å²) in [5, 5.41) is 9.36. The van der Waals surface area contributed by atoms with Crippen molar-refractivity contribution in [3.05, 3.63) is 97.2 Å². The highest BCUT2D eigenvalue weighted by molar-refractivity contribution is 7.89. The minimum Gasteiger partial charge on any atom is -0.492 e. The Morgan fingerprint density at radius 2 is 1.74 bits per heavy atom. The normalized spacial score (nSPS) is 12.6. The smallest absolute Gasteiger partial charge is 0.240 e. The van der Waals surface area contributed by atoms with E-state index in [4.69, 9.17) is 4.74 Å². The number of hydrogen-bond acceptors (Lipinski definition) is 5. The Bertz CT molecular complexity index is 1550. The van der Waals surface area contributed by atoms with Gasteiger partial charge in [0.15, 0.2) is 0 Å². The van der Waals surface area contributed by atoms with E-state index in [1.54, 1.807) is 83.4 Å². The molecule has 0 bridgehead atoms. The Hall–Kier alpha value is -4.02. The van der Waals surface area contributed by atoms with E-state index in [0.717, 1.165) is 22.3 Å². The van der Waals surface area contributed by atoms with Crippen LogP contribution in [0.3, 0.4) is 0 Å². The first-order chi connectivity index (χ1) is 16.9. The van der Waals surface area contributed by atoms with Gasteiger partial charge in [-0.2, -0.15) is 10.2 Å². The van der Waals surface area contributed by atoms with Crippen LogP contribution >= 0.6 is 0 Å². The summed E-state index contributed by atoms with van der Waals surface area (Å²) in [6.45, 7) is 1.88. The third-order valence-electron chi connectivity index (χ3n) is 5.38. The van der Waals surface area contributed by atoms with Crippen molar-refractivity contribution < 1.29 is 17.5 Å². The standard InChI is InChI=1S/C25H22FN5O3S/c1-18(29-35(32,33)24-10-7-21(8-11-24)30-14-2-13-27-30)17-34-23-9-12-25-19(15-23)16-28-31(25)22-5-3-20(26)4-6-22/h2-16,18,29H,17H2,1H3. The van der Waals surface area contributed by atoms with Crippen molar-refractivity contribution in [2.75, 3.05) is 6.61 Å². The molecule has 8 nitrogen and oxygen atoms in total. The first-order valence-electron chi connectivity index (χ1n) is 10.9. The number of aromatic nitrogens is 4. The van der Waals surface area contributed by atoms with Crippen LogP contribution < -0.4 is 9.46 Å². The van der Waals surface area contributed by atoms with Gasteiger partial charge in [-0.3, -0.25) is 0 Å². The van der Waals surface area contributed by atoms with Gasteiger partial charge in [0, 0.05) is 17.8 Å². The maximum absolute atomic E-state index is 13.2. The molecule has 0 fully saturated rings. The average molecular weight is 492 g/mol. The molecule has 1 atom stereocenters. The van der Waals surface area contributed by atoms with E-state index in [-0.39, 0.29) is 17.3 Å². The third kappa shape index (κ3) is 4.93. The van der Waals surface area contributed by atoms with Crippen molar-refractivity contribution in [2.24, 2.45) is 0 Å². The SMILES string of the molecule is CC(COc1ccc2c(cnn2-c2ccc(F)cc2)c1)NS(=O)(=O)c1ccc(-n2cccn2)cc1. The zero-order valence-electron chi connectivity index (χ0n) is 18.7. The Kier molecular flexibility index (Phi) is 6.06. The first-order valence-corrected chi connectivity index (χ1v) is 12.4. The van der Waals surface area contributed by atoms with Crippen LogP contribution in [0, 0.1) is 5.82 Å². The fourth-order valence-corrected chi connectivity index (χ4v) is 4.90. The number of ether oxygens (including phenoxy) is 1. The number of nitrogens with one attached hydrogen (secondary N) is 1. The summed E-state index contributed by atoms with van der Waals surface area (Å²) in [5.41, 5.74) is 2.36. The molecule has 35 heavy (non-hydrogen) atoms. The second-order valence-corrected chi connectivity index (χ2v) is 9.75. The Labute approximate surface area is 201 Å². The topological polar surface area (TPSA) is 91.0 Å². The molecular formula is C25H22FN5O3S. The van der Waals surface area contributed by atoms with Crippen molar-refractivity contribution in [1.82, 2.24) is 24.3 Å². The number of nitrogens with zero attached hydrogens (tertiary/aromatic N) is 4. The quantitative estimate of drug-likeness (QED) is 0.353. The highest BCUT2D eigenvalue weighted by Gasteiger charge is 2.18. The lowest BCUT2D eigenvalue weighted by atomic mass is 10.2. The maximum atomic E-state index is 13.2. The lowest BCUT2D eigenvalue weighted by Gasteiger charge is -2.16. The van der Waals surface area contributed by atoms with E-state index >= 15 is 0 Å². The van der Waals surface area contributed by atoms with Gasteiger partial charge in [-0.15, -0.1) is 0 Å². The monoisotopic (exact) mass is 491 g/mol. The summed E-state index contributed by atoms with van der Waals surface area (Å²) in [7, 11) is -3.71. The van der Waals surface area contributed by atoms with Crippen molar-refractivity contribution in [3.63, 3.8) is 0 Å². The molecule has 0 amide bonds. The van der Waals surface area contributed by atoms with Gasteiger partial charge >= 0.3 is 0 Å². The van der Waals surface area contributed by atoms with E-state index < -0.39 is 16.1 Å². The van der Waals surface area contributed by atoms with Gasteiger partial charge in [0.2, 0.25) is 10.0 Å². The van der Waals surface area contributed by atoms with Crippen LogP contribution in [0.5, 0.6) is 5.75 Å². The molecule has 0 aliphatic heterocycles. The molecule has 1 unspecified atom stereocenters. The van der Waals surface area contributed by atoms with Gasteiger partial charge in [-0.1, -0.05) is 0 Å². The minimum atomic E-state index is -3.71. The lowest BCUT2D eigenvalue weighted by Crippen LogP contribution is -2.36. The second kappa shape index (κ2) is 9.32. The number of halogens is 1. The maximum Gasteiger partial charge on any atom is 0.240 e. The van der Waals surface area contributed by atoms with Crippen molar-refractivity contribution >= 4 is 20.9 Å². The summed E-state index contributed by atoms with van der Waals surface area (Å²) in [6.07, 6.45) is 5.14. The Morgan fingerprint density at radius 3 is 2.46 bits per heavy atom. The van der Waals surface area contributed by atoms with Gasteiger partial charge in [0.1, 0.15) is 18.2 Å². The average Bonchev–Trinajstić information content (AvgIpc) is 3.53. The molecule has 10 heteroatoms. The van der Waals surface area contributed by atoms with Crippen LogP contribution in [0.2, 0.25) is 0 Å². The van der Waals surface area contributed by atoms with Crippen LogP contribution in [0.1, 0.15) is 6.92 Å². The molecule has 2 aromatic heterocycles. The fourth-order valence-electron chi connectivity index (χ4n) is 3.68. The largest absolute Gasteiger partial charge is 0.492 e. The number of hydrogen-bond donors (Lipinski definition) is 1. The van der Waals surface area contributed by atoms with E-state index in [1.807, 2.05) is 12.1 Å². The van der Waals surface area contributed by atoms with Gasteiger partial charge in [-0.05, 0) is 79.7 Å². The first kappa shape index (κ1) is 22.8. The summed E-state index contributed by atoms with van der Waals surface area (Å²) in [4.78, 5) is 0.162. The van der Waals surface area contributed by atoms with Crippen LogP contribution in [0.25, 0.3) is 22.3 Å². The summed E-state index contributed by atoms with van der Waals surface area (Å²) in [5.74, 6) is 0.280. The van der Waals surface area contributed by atoms with Crippen molar-refractivity contribution in [3.8, 4) is 17.1 Å². The van der Waals surface area contributed by atoms with Crippen LogP contribution in [-0.2, 0) is 10.0 Å². The summed E-state index contributed by atoms with van der Waals surface area (Å²) < 4.78 is 50.6. The predicted molar refractivity (Wildman–Crippen MR) is 130 cm³/mol. The second-order valence-electron chi connectivity index (χ2n) is 8.03. The Morgan fingerprint density at radius 1 is 1.00 bits per heavy atom. The number of rotatable bonds is 8. The number of fused-ring (bicyclic) bond motifs is 1. The van der Waals surface area contributed by atoms with E-state index in [9.17, 15) is 12.8 Å². The molecule has 3 aromatic carbocycles. The van der Waals surface area contributed by atoms with E-state index in [1.165, 1.54) is 12.1 Å². The predicted octanol–water partition coefficient (Wildman–Crippen LogP) is 4.10. The highest BCUT2D eigenvalue weighted by Crippen LogP contribution is 2.23. The molecule has 0 saturated heterocycles. The van der Waals surface area contributed by atoms with Crippen LogP contribution in [0.4, 0.5) is 4.39 Å². The fraction of sp³-hybridized carbons (Fsp3) is 0.120. The third-order valence-corrected chi connectivity index (χ3v) is 6.99. The summed E-state index contributed by atoms with van der Waals surface area (Å²) in [6, 6.07) is 19.4. The molecule has 178 valence electrons. The van der Waals surface area contributed by atoms with Crippen molar-refractivity contribution in [1.29, 1.82) is 0 Å². The van der Waals surface area contributed by atoms with E-state index in [2.05, 4.69) is 14.9 Å². The molecule has 0 saturated carbocycles.